The second kappa shape index (κ2) is 10.1. The maximum atomic E-state index is 14.4. The van der Waals surface area contributed by atoms with Crippen molar-refractivity contribution in [2.24, 2.45) is 10.1 Å². The zero-order valence-corrected chi connectivity index (χ0v) is 23.3. The highest BCUT2D eigenvalue weighted by atomic mass is 19.4. The summed E-state index contributed by atoms with van der Waals surface area (Å²) in [4.78, 5) is 7.41. The number of hydrogen-bond acceptors (Lipinski definition) is 3. The first-order valence-corrected chi connectivity index (χ1v) is 13.6. The minimum absolute atomic E-state index is 0.239. The standard InChI is InChI=1S/C36H17F5N4/c1-18-3-4-21(13-32(18)37)20-6-9-24-26-15-29-25(16-30(26)35(45-43-2)28(24)12-20)23-8-5-19(11-27(23)34(29)44-17-42)22-7-10-31(33(38)14-22)36(39,40)41/h3-16H,1H3/b44-34+,45-35+. The van der Waals surface area contributed by atoms with Crippen LogP contribution in [0.4, 0.5) is 22.0 Å². The molecular formula is C36H17F5N4. The topological polar surface area (TPSA) is 52.9 Å². The van der Waals surface area contributed by atoms with Crippen LogP contribution in [0, 0.1) is 36.6 Å². The van der Waals surface area contributed by atoms with Crippen LogP contribution in [-0.4, -0.2) is 0 Å². The maximum Gasteiger partial charge on any atom is 0.419 e. The quantitative estimate of drug-likeness (QED) is 0.0845. The fourth-order valence-corrected chi connectivity index (χ4v) is 6.06. The van der Waals surface area contributed by atoms with Crippen LogP contribution in [0.5, 0.6) is 0 Å². The van der Waals surface area contributed by atoms with Gasteiger partial charge in [-0.1, -0.05) is 42.5 Å². The normalized spacial score (nSPS) is 12.9. The third-order valence-electron chi connectivity index (χ3n) is 8.22. The largest absolute Gasteiger partial charge is 0.419 e. The van der Waals surface area contributed by atoms with Gasteiger partial charge in [-0.25, -0.2) is 8.78 Å². The van der Waals surface area contributed by atoms with Gasteiger partial charge in [-0.05, 0) is 98.8 Å². The van der Waals surface area contributed by atoms with E-state index in [2.05, 4.69) is 15.0 Å². The molecule has 0 aliphatic heterocycles. The summed E-state index contributed by atoms with van der Waals surface area (Å²) in [5.74, 6) is -1.70. The highest BCUT2D eigenvalue weighted by molar-refractivity contribution is 6.21. The monoisotopic (exact) mass is 600 g/mol. The molecule has 9 heteroatoms. The van der Waals surface area contributed by atoms with Crippen LogP contribution < -0.4 is 10.7 Å². The van der Waals surface area contributed by atoms with Gasteiger partial charge in [0.05, 0.1) is 16.0 Å². The van der Waals surface area contributed by atoms with Crippen molar-refractivity contribution in [1.29, 1.82) is 5.26 Å². The van der Waals surface area contributed by atoms with E-state index in [0.717, 1.165) is 27.8 Å². The third-order valence-corrected chi connectivity index (χ3v) is 8.22. The van der Waals surface area contributed by atoms with Gasteiger partial charge in [0.15, 0.2) is 5.36 Å². The van der Waals surface area contributed by atoms with Crippen LogP contribution in [-0.2, 0) is 6.18 Å². The number of benzene rings is 5. The lowest BCUT2D eigenvalue weighted by atomic mass is 10.0. The van der Waals surface area contributed by atoms with E-state index in [4.69, 9.17) is 6.57 Å². The summed E-state index contributed by atoms with van der Waals surface area (Å²) in [6.45, 7) is 9.18. The summed E-state index contributed by atoms with van der Waals surface area (Å²) in [5, 5.41) is 20.2. The van der Waals surface area contributed by atoms with E-state index in [1.54, 1.807) is 31.2 Å². The van der Waals surface area contributed by atoms with Gasteiger partial charge in [0, 0.05) is 21.5 Å². The Kier molecular flexibility index (Phi) is 6.24. The Morgan fingerprint density at radius 2 is 1.11 bits per heavy atom. The summed E-state index contributed by atoms with van der Waals surface area (Å²) >= 11 is 0. The zero-order chi connectivity index (χ0) is 31.6. The predicted molar refractivity (Wildman–Crippen MR) is 163 cm³/mol. The highest BCUT2D eigenvalue weighted by Gasteiger charge is 2.34. The van der Waals surface area contributed by atoms with Gasteiger partial charge in [0.25, 0.3) is 0 Å². The Labute approximate surface area is 251 Å². The van der Waals surface area contributed by atoms with Crippen molar-refractivity contribution in [3.8, 4) is 28.4 Å². The first-order chi connectivity index (χ1) is 21.6. The van der Waals surface area contributed by atoms with Gasteiger partial charge in [0.1, 0.15) is 11.6 Å². The van der Waals surface area contributed by atoms with Crippen LogP contribution in [0.25, 0.3) is 70.3 Å². The first kappa shape index (κ1) is 27.9. The van der Waals surface area contributed by atoms with Gasteiger partial charge in [-0.15, -0.1) is 4.95 Å². The van der Waals surface area contributed by atoms with E-state index in [0.29, 0.717) is 60.4 Å². The first-order valence-electron chi connectivity index (χ1n) is 13.6. The SMILES string of the molecule is [C-]#[N+]/N=c1\c2cc(-c3ccc(C)c(F)c3)ccc2c2cc3/c(=N/C#N)c4cc(-c5ccc(C(F)(F)F)c(F)c5)ccc4c3cc12. The van der Waals surface area contributed by atoms with E-state index in [1.807, 2.05) is 42.6 Å². The van der Waals surface area contributed by atoms with Crippen LogP contribution in [0.3, 0.4) is 0 Å². The molecule has 0 amide bonds. The van der Waals surface area contributed by atoms with Gasteiger partial charge in [0.2, 0.25) is 6.19 Å². The average molecular weight is 601 g/mol. The smallest absolute Gasteiger partial charge is 0.207 e. The molecule has 0 saturated carbocycles. The number of nitrogens with zero attached hydrogens (tertiary/aromatic N) is 4. The van der Waals surface area contributed by atoms with Crippen molar-refractivity contribution in [1.82, 2.24) is 0 Å². The molecule has 7 aromatic rings. The molecule has 0 heterocycles. The molecule has 4 nitrogen and oxygen atoms in total. The second-order valence-electron chi connectivity index (χ2n) is 10.7. The molecule has 0 fully saturated rings. The molecule has 0 aliphatic carbocycles. The van der Waals surface area contributed by atoms with Gasteiger partial charge in [-0.2, -0.15) is 30.0 Å². The van der Waals surface area contributed by atoms with E-state index in [1.165, 1.54) is 12.1 Å². The van der Waals surface area contributed by atoms with Crippen molar-refractivity contribution in [3.63, 3.8) is 0 Å². The molecule has 0 spiro atoms. The Balaban J connectivity index is 1.48. The Bertz CT molecular complexity index is 2590. The molecular weight excluding hydrogens is 583 g/mol. The van der Waals surface area contributed by atoms with Gasteiger partial charge >= 0.3 is 6.18 Å². The minimum Gasteiger partial charge on any atom is -0.207 e. The Morgan fingerprint density at radius 1 is 0.622 bits per heavy atom. The molecule has 7 aromatic carbocycles. The van der Waals surface area contributed by atoms with Crippen molar-refractivity contribution < 1.29 is 22.0 Å². The maximum absolute atomic E-state index is 14.4. The van der Waals surface area contributed by atoms with Crippen molar-refractivity contribution >= 4 is 43.1 Å². The van der Waals surface area contributed by atoms with Crippen molar-refractivity contribution in [2.75, 3.05) is 0 Å². The van der Waals surface area contributed by atoms with Crippen molar-refractivity contribution in [3.05, 3.63) is 130 Å². The van der Waals surface area contributed by atoms with E-state index >= 15 is 0 Å². The molecule has 0 saturated heterocycles. The van der Waals surface area contributed by atoms with Crippen LogP contribution in [0.2, 0.25) is 0 Å². The lowest BCUT2D eigenvalue weighted by Gasteiger charge is -2.09. The second-order valence-corrected chi connectivity index (χ2v) is 10.7. The molecule has 0 aromatic heterocycles. The lowest BCUT2D eigenvalue weighted by molar-refractivity contribution is -0.139. The predicted octanol–water partition coefficient (Wildman–Crippen LogP) is 9.23. The molecule has 0 atom stereocenters. The number of aryl methyl sites for hydroxylation is 1. The molecule has 0 N–H and O–H groups in total. The van der Waals surface area contributed by atoms with Gasteiger partial charge < -0.3 is 0 Å². The summed E-state index contributed by atoms with van der Waals surface area (Å²) in [6.07, 6.45) is -2.97. The Hall–Kier alpha value is -5.93. The number of hydrogen-bond donors (Lipinski definition) is 0. The average Bonchev–Trinajstić information content (AvgIpc) is 3.48. The number of nitriles is 1. The van der Waals surface area contributed by atoms with Gasteiger partial charge in [-0.3, -0.25) is 0 Å². The fourth-order valence-electron chi connectivity index (χ4n) is 6.06. The van der Waals surface area contributed by atoms with E-state index in [-0.39, 0.29) is 11.4 Å². The summed E-state index contributed by atoms with van der Waals surface area (Å²) in [6, 6.07) is 22.3. The molecule has 7 rings (SSSR count). The lowest BCUT2D eigenvalue weighted by Crippen LogP contribution is -2.07. The molecule has 0 unspecified atom stereocenters. The van der Waals surface area contributed by atoms with Crippen LogP contribution in [0.15, 0.2) is 95.0 Å². The molecule has 0 aliphatic rings. The summed E-state index contributed by atoms with van der Waals surface area (Å²) < 4.78 is 68.1. The van der Waals surface area contributed by atoms with Crippen LogP contribution >= 0.6 is 0 Å². The molecule has 0 bridgehead atoms. The van der Waals surface area contributed by atoms with E-state index < -0.39 is 17.6 Å². The van der Waals surface area contributed by atoms with Crippen LogP contribution in [0.1, 0.15) is 11.1 Å². The number of rotatable bonds is 2. The minimum atomic E-state index is -4.82. The highest BCUT2D eigenvalue weighted by Crippen LogP contribution is 2.37. The third kappa shape index (κ3) is 4.40. The number of halogens is 5. The van der Waals surface area contributed by atoms with Crippen molar-refractivity contribution in [2.45, 2.75) is 13.1 Å². The van der Waals surface area contributed by atoms with E-state index in [9.17, 15) is 27.2 Å². The zero-order valence-electron chi connectivity index (χ0n) is 23.3. The summed E-state index contributed by atoms with van der Waals surface area (Å²) in [5.41, 5.74) is 1.32. The molecule has 0 radical (unpaired) electrons. The summed E-state index contributed by atoms with van der Waals surface area (Å²) in [7, 11) is 0. The fraction of sp³-hybridized carbons (Fsp3) is 0.0556. The number of alkyl halides is 3. The molecule has 216 valence electrons. The molecule has 45 heavy (non-hydrogen) atoms. The number of fused-ring (bicyclic) bond motifs is 6. The Morgan fingerprint density at radius 3 is 1.64 bits per heavy atom.